The van der Waals surface area contributed by atoms with Crippen molar-refractivity contribution in [3.8, 4) is 17.6 Å². The van der Waals surface area contributed by atoms with E-state index in [1.54, 1.807) is 4.90 Å². The smallest absolute Gasteiger partial charge is 0.410 e. The second-order valence-corrected chi connectivity index (χ2v) is 4.44. The molecular weight excluding hydrogens is 248 g/mol. The Kier molecular flexibility index (Phi) is 2.88. The van der Waals surface area contributed by atoms with Crippen LogP contribution in [0.2, 0.25) is 0 Å². The van der Waals surface area contributed by atoms with Gasteiger partial charge in [-0.3, -0.25) is 0 Å². The van der Waals surface area contributed by atoms with E-state index in [9.17, 15) is 4.79 Å². The summed E-state index contributed by atoms with van der Waals surface area (Å²) in [5.41, 5.74) is 0.943. The molecule has 0 spiro atoms. The van der Waals surface area contributed by atoms with Crippen molar-refractivity contribution in [1.29, 1.82) is 5.26 Å². The lowest BCUT2D eigenvalue weighted by atomic mass is 10.2. The van der Waals surface area contributed by atoms with Crippen molar-refractivity contribution in [2.24, 2.45) is 0 Å². The average molecular weight is 260 g/mol. The average Bonchev–Trinajstić information content (AvgIpc) is 2.97. The summed E-state index contributed by atoms with van der Waals surface area (Å²) in [6.07, 6.45) is -0.479. The van der Waals surface area contributed by atoms with Gasteiger partial charge >= 0.3 is 6.09 Å². The Morgan fingerprint density at radius 1 is 1.37 bits per heavy atom. The van der Waals surface area contributed by atoms with Crippen LogP contribution in [0.3, 0.4) is 0 Å². The second kappa shape index (κ2) is 4.69. The van der Waals surface area contributed by atoms with Crippen LogP contribution in [0.4, 0.5) is 4.79 Å². The molecule has 1 amide bonds. The number of carbonyl (C=O) groups excluding carboxylic acids is 1. The largest absolute Gasteiger partial charge is 0.454 e. The first-order chi connectivity index (χ1) is 9.26. The molecule has 0 aliphatic carbocycles. The number of nitriles is 1. The Bertz CT molecular complexity index is 552. The first-order valence-corrected chi connectivity index (χ1v) is 5.97. The van der Waals surface area contributed by atoms with Gasteiger partial charge in [0.25, 0.3) is 0 Å². The van der Waals surface area contributed by atoms with Crippen LogP contribution in [0.15, 0.2) is 18.2 Å². The van der Waals surface area contributed by atoms with E-state index in [-0.39, 0.29) is 25.4 Å². The van der Waals surface area contributed by atoms with Crippen LogP contribution in [0.5, 0.6) is 11.5 Å². The Hall–Kier alpha value is -2.42. The van der Waals surface area contributed by atoms with E-state index in [1.165, 1.54) is 0 Å². The quantitative estimate of drug-likeness (QED) is 0.826. The van der Waals surface area contributed by atoms with Crippen molar-refractivity contribution in [3.63, 3.8) is 0 Å². The number of benzene rings is 1. The van der Waals surface area contributed by atoms with Crippen LogP contribution in [0.1, 0.15) is 12.0 Å². The van der Waals surface area contributed by atoms with Crippen molar-refractivity contribution in [1.82, 2.24) is 4.90 Å². The number of hydrogen-bond acceptors (Lipinski definition) is 5. The molecule has 1 saturated heterocycles. The molecule has 0 N–H and O–H groups in total. The highest BCUT2D eigenvalue weighted by molar-refractivity contribution is 5.70. The third kappa shape index (κ3) is 2.27. The van der Waals surface area contributed by atoms with E-state index in [4.69, 9.17) is 19.5 Å². The summed E-state index contributed by atoms with van der Waals surface area (Å²) in [7, 11) is 0. The van der Waals surface area contributed by atoms with Gasteiger partial charge in [-0.1, -0.05) is 6.07 Å². The zero-order valence-electron chi connectivity index (χ0n) is 10.2. The number of fused-ring (bicyclic) bond motifs is 1. The predicted octanol–water partition coefficient (Wildman–Crippen LogP) is 1.65. The van der Waals surface area contributed by atoms with Gasteiger partial charge in [-0.15, -0.1) is 0 Å². The number of carbonyl (C=O) groups is 1. The molecule has 2 heterocycles. The SMILES string of the molecule is N#CCC1CN(Cc2ccc3c(c2)OCO3)C(=O)O1. The Morgan fingerprint density at radius 3 is 3.05 bits per heavy atom. The molecule has 3 rings (SSSR count). The van der Waals surface area contributed by atoms with Gasteiger partial charge in [-0.05, 0) is 17.7 Å². The summed E-state index contributed by atoms with van der Waals surface area (Å²) in [5, 5.41) is 8.60. The summed E-state index contributed by atoms with van der Waals surface area (Å²) in [5.74, 6) is 1.41. The molecule has 0 bridgehead atoms. The van der Waals surface area contributed by atoms with Gasteiger partial charge in [0.2, 0.25) is 6.79 Å². The van der Waals surface area contributed by atoms with E-state index in [2.05, 4.69) is 0 Å². The van der Waals surface area contributed by atoms with Crippen LogP contribution in [-0.4, -0.2) is 30.4 Å². The zero-order valence-corrected chi connectivity index (χ0v) is 10.2. The summed E-state index contributed by atoms with van der Waals surface area (Å²) < 4.78 is 15.6. The molecule has 0 aromatic heterocycles. The Labute approximate surface area is 110 Å². The molecule has 6 heteroatoms. The standard InChI is InChI=1S/C13H12N2O4/c14-4-3-10-7-15(13(16)19-10)6-9-1-2-11-12(5-9)18-8-17-11/h1-2,5,10H,3,6-8H2. The number of nitrogens with zero attached hydrogens (tertiary/aromatic N) is 2. The highest BCUT2D eigenvalue weighted by Crippen LogP contribution is 2.33. The topological polar surface area (TPSA) is 71.8 Å². The maximum absolute atomic E-state index is 11.6. The van der Waals surface area contributed by atoms with Gasteiger partial charge in [-0.2, -0.15) is 5.26 Å². The summed E-state index contributed by atoms with van der Waals surface area (Å²) >= 11 is 0. The minimum absolute atomic E-state index is 0.226. The van der Waals surface area contributed by atoms with Crippen LogP contribution in [-0.2, 0) is 11.3 Å². The molecule has 1 atom stereocenters. The van der Waals surface area contributed by atoms with Crippen molar-refractivity contribution < 1.29 is 19.0 Å². The fraction of sp³-hybridized carbons (Fsp3) is 0.385. The Balaban J connectivity index is 1.69. The summed E-state index contributed by atoms with van der Waals surface area (Å²) in [4.78, 5) is 13.2. The third-order valence-corrected chi connectivity index (χ3v) is 3.08. The maximum atomic E-state index is 11.6. The van der Waals surface area contributed by atoms with Crippen LogP contribution >= 0.6 is 0 Å². The van der Waals surface area contributed by atoms with Gasteiger partial charge in [-0.25, -0.2) is 4.79 Å². The molecule has 0 saturated carbocycles. The first kappa shape index (κ1) is 11.7. The highest BCUT2D eigenvalue weighted by Gasteiger charge is 2.31. The van der Waals surface area contributed by atoms with Crippen LogP contribution < -0.4 is 9.47 Å². The lowest BCUT2D eigenvalue weighted by Crippen LogP contribution is -2.24. The lowest BCUT2D eigenvalue weighted by molar-refractivity contribution is 0.133. The number of ether oxygens (including phenoxy) is 3. The van der Waals surface area contributed by atoms with Crippen molar-refractivity contribution >= 4 is 6.09 Å². The molecule has 1 fully saturated rings. The molecule has 6 nitrogen and oxygen atoms in total. The minimum Gasteiger partial charge on any atom is -0.454 e. The third-order valence-electron chi connectivity index (χ3n) is 3.08. The molecule has 98 valence electrons. The molecule has 1 unspecified atom stereocenters. The molecule has 2 aliphatic rings. The first-order valence-electron chi connectivity index (χ1n) is 5.97. The van der Waals surface area contributed by atoms with E-state index >= 15 is 0 Å². The summed E-state index contributed by atoms with van der Waals surface area (Å²) in [6, 6.07) is 7.58. The van der Waals surface area contributed by atoms with Gasteiger partial charge in [0.1, 0.15) is 6.10 Å². The fourth-order valence-corrected chi connectivity index (χ4v) is 2.17. The van der Waals surface area contributed by atoms with Gasteiger partial charge in [0.15, 0.2) is 11.5 Å². The number of cyclic esters (lactones) is 1. The van der Waals surface area contributed by atoms with E-state index in [0.29, 0.717) is 18.8 Å². The molecule has 2 aliphatic heterocycles. The van der Waals surface area contributed by atoms with Crippen molar-refractivity contribution in [2.75, 3.05) is 13.3 Å². The van der Waals surface area contributed by atoms with E-state index in [0.717, 1.165) is 11.3 Å². The normalized spacial score (nSPS) is 20.3. The Morgan fingerprint density at radius 2 is 2.21 bits per heavy atom. The van der Waals surface area contributed by atoms with E-state index < -0.39 is 0 Å². The molecule has 19 heavy (non-hydrogen) atoms. The molecular formula is C13H12N2O4. The maximum Gasteiger partial charge on any atom is 0.410 e. The molecule has 0 radical (unpaired) electrons. The van der Waals surface area contributed by atoms with Crippen LogP contribution in [0.25, 0.3) is 0 Å². The van der Waals surface area contributed by atoms with E-state index in [1.807, 2.05) is 24.3 Å². The minimum atomic E-state index is -0.377. The second-order valence-electron chi connectivity index (χ2n) is 4.44. The van der Waals surface area contributed by atoms with Crippen molar-refractivity contribution in [2.45, 2.75) is 19.1 Å². The number of amides is 1. The zero-order chi connectivity index (χ0) is 13.2. The number of hydrogen-bond donors (Lipinski definition) is 0. The van der Waals surface area contributed by atoms with Gasteiger partial charge < -0.3 is 19.1 Å². The fourth-order valence-electron chi connectivity index (χ4n) is 2.17. The van der Waals surface area contributed by atoms with Gasteiger partial charge in [0.05, 0.1) is 19.0 Å². The lowest BCUT2D eigenvalue weighted by Gasteiger charge is -2.12. The molecule has 1 aromatic carbocycles. The summed E-state index contributed by atoms with van der Waals surface area (Å²) in [6.45, 7) is 1.12. The predicted molar refractivity (Wildman–Crippen MR) is 63.5 cm³/mol. The molecule has 1 aromatic rings. The number of rotatable bonds is 3. The van der Waals surface area contributed by atoms with Gasteiger partial charge in [0, 0.05) is 6.54 Å². The van der Waals surface area contributed by atoms with Crippen molar-refractivity contribution in [3.05, 3.63) is 23.8 Å². The highest BCUT2D eigenvalue weighted by atomic mass is 16.7. The van der Waals surface area contributed by atoms with Crippen LogP contribution in [0, 0.1) is 11.3 Å². The monoisotopic (exact) mass is 260 g/mol.